The Kier molecular flexibility index (Phi) is 6.84. The summed E-state index contributed by atoms with van der Waals surface area (Å²) in [5.41, 5.74) is 2.91. The van der Waals surface area contributed by atoms with Gasteiger partial charge in [0.25, 0.3) is 0 Å². The average Bonchev–Trinajstić information content (AvgIpc) is 3.62. The number of imidazole rings is 1. The average molecular weight is 499 g/mol. The van der Waals surface area contributed by atoms with Crippen molar-refractivity contribution in [1.82, 2.24) is 29.7 Å². The van der Waals surface area contributed by atoms with Crippen LogP contribution in [0.25, 0.3) is 21.9 Å². The largest absolute Gasteiger partial charge is 0.491 e. The number of aromatic nitrogens is 4. The van der Waals surface area contributed by atoms with Gasteiger partial charge in [-0.15, -0.1) is 0 Å². The molecule has 0 radical (unpaired) electrons. The van der Waals surface area contributed by atoms with Crippen molar-refractivity contribution in [2.45, 2.75) is 31.8 Å². The van der Waals surface area contributed by atoms with Crippen LogP contribution in [0.15, 0.2) is 49.1 Å². The number of H-pyrrole nitrogens is 1. The summed E-state index contributed by atoms with van der Waals surface area (Å²) in [6, 6.07) is 15.4. The lowest BCUT2D eigenvalue weighted by atomic mass is 10.0. The second kappa shape index (κ2) is 10.7. The monoisotopic (exact) mass is 498 g/mol. The van der Waals surface area contributed by atoms with Crippen LogP contribution in [0.5, 0.6) is 5.75 Å². The third kappa shape index (κ3) is 4.95. The molecule has 0 bridgehead atoms. The first-order valence-corrected chi connectivity index (χ1v) is 13.2. The fraction of sp³-hybridized carbons (Fsp3) is 0.429. The molecular formula is C28H34N8O. The van der Waals surface area contributed by atoms with Gasteiger partial charge >= 0.3 is 0 Å². The van der Waals surface area contributed by atoms with Crippen LogP contribution < -0.4 is 9.64 Å². The number of benzene rings is 2. The highest BCUT2D eigenvalue weighted by molar-refractivity contribution is 5.91. The van der Waals surface area contributed by atoms with E-state index in [1.165, 1.54) is 10.9 Å². The minimum Gasteiger partial charge on any atom is -0.491 e. The van der Waals surface area contributed by atoms with Crippen LogP contribution in [0.2, 0.25) is 0 Å². The molecule has 2 aliphatic heterocycles. The van der Waals surface area contributed by atoms with Crippen molar-refractivity contribution in [1.29, 1.82) is 5.26 Å². The molecule has 6 rings (SSSR count). The quantitative estimate of drug-likeness (QED) is 0.392. The number of hydrogen-bond donors (Lipinski definition) is 1. The summed E-state index contributed by atoms with van der Waals surface area (Å²) >= 11 is 0. The topological polar surface area (TPSA) is 97.2 Å². The molecule has 0 unspecified atom stereocenters. The lowest BCUT2D eigenvalue weighted by Crippen LogP contribution is -2.46. The second-order valence-electron chi connectivity index (χ2n) is 9.89. The van der Waals surface area contributed by atoms with Crippen LogP contribution >= 0.6 is 0 Å². The normalized spacial score (nSPS) is 19.0. The van der Waals surface area contributed by atoms with Gasteiger partial charge in [-0.1, -0.05) is 30.3 Å². The summed E-state index contributed by atoms with van der Waals surface area (Å²) in [5, 5.41) is 11.3. The Hall–Kier alpha value is -3.74. The lowest BCUT2D eigenvalue weighted by molar-refractivity contribution is 0.129. The predicted molar refractivity (Wildman–Crippen MR) is 146 cm³/mol. The van der Waals surface area contributed by atoms with E-state index in [0.29, 0.717) is 18.7 Å². The molecular weight excluding hydrogens is 464 g/mol. The molecule has 192 valence electrons. The number of anilines is 1. The summed E-state index contributed by atoms with van der Waals surface area (Å²) in [4.78, 5) is 23.5. The number of nitriles is 1. The molecule has 1 N–H and O–H groups in total. The highest BCUT2D eigenvalue weighted by Crippen LogP contribution is 2.32. The van der Waals surface area contributed by atoms with Crippen LogP contribution in [-0.2, 0) is 6.54 Å². The van der Waals surface area contributed by atoms with E-state index in [0.717, 1.165) is 81.1 Å². The number of nitrogens with one attached hydrogen (secondary N) is 1. The van der Waals surface area contributed by atoms with Gasteiger partial charge in [-0.25, -0.2) is 15.0 Å². The van der Waals surface area contributed by atoms with Gasteiger partial charge in [0.05, 0.1) is 18.4 Å². The molecule has 2 saturated heterocycles. The lowest BCUT2D eigenvalue weighted by Gasteiger charge is -2.34. The summed E-state index contributed by atoms with van der Waals surface area (Å²) in [7, 11) is 0. The van der Waals surface area contributed by atoms with Crippen LogP contribution in [0.4, 0.5) is 5.82 Å². The van der Waals surface area contributed by atoms with Crippen molar-refractivity contribution >= 4 is 27.8 Å². The Labute approximate surface area is 218 Å². The molecule has 0 spiro atoms. The summed E-state index contributed by atoms with van der Waals surface area (Å²) < 4.78 is 6.49. The van der Waals surface area contributed by atoms with Crippen LogP contribution in [0.3, 0.4) is 0 Å². The van der Waals surface area contributed by atoms with Crippen molar-refractivity contribution < 1.29 is 6.16 Å². The number of aromatic amines is 1. The fourth-order valence-corrected chi connectivity index (χ4v) is 5.66. The smallest absolute Gasteiger partial charge is 0.182 e. The minimum atomic E-state index is 0. The standard InChI is InChI=1S/C28H32N8O.H2/c29-10-4-11-34-13-15-35(16-14-34)17-21-8-9-25(24-7-2-1-6-23(21)24)37-18-22-5-3-12-36(22)28-26-27(31-19-30-26)32-20-33-28;/h1-2,6-9,19-20,22H,3-5,11-18H2,(H,30,31,32,33);1H/t22-;/m1./s1. The highest BCUT2D eigenvalue weighted by atomic mass is 16.5. The van der Waals surface area contributed by atoms with Crippen molar-refractivity contribution in [2.75, 3.05) is 50.8 Å². The Morgan fingerprint density at radius 2 is 1.84 bits per heavy atom. The van der Waals surface area contributed by atoms with Gasteiger partial charge in [0.2, 0.25) is 0 Å². The summed E-state index contributed by atoms with van der Waals surface area (Å²) in [5.74, 6) is 1.84. The highest BCUT2D eigenvalue weighted by Gasteiger charge is 2.28. The van der Waals surface area contributed by atoms with Gasteiger partial charge in [0, 0.05) is 59.0 Å². The van der Waals surface area contributed by atoms with Gasteiger partial charge < -0.3 is 14.6 Å². The van der Waals surface area contributed by atoms with E-state index in [9.17, 15) is 0 Å². The summed E-state index contributed by atoms with van der Waals surface area (Å²) in [6.07, 6.45) is 6.05. The maximum atomic E-state index is 8.85. The van der Waals surface area contributed by atoms with Crippen LogP contribution in [0, 0.1) is 11.3 Å². The predicted octanol–water partition coefficient (Wildman–Crippen LogP) is 3.83. The van der Waals surface area contributed by atoms with Crippen molar-refractivity contribution in [3.05, 3.63) is 54.6 Å². The molecule has 2 fully saturated rings. The Bertz CT molecular complexity index is 1410. The number of nitrogens with zero attached hydrogens (tertiary/aromatic N) is 7. The molecule has 2 aromatic heterocycles. The third-order valence-corrected chi connectivity index (χ3v) is 7.66. The second-order valence-corrected chi connectivity index (χ2v) is 9.89. The van der Waals surface area contributed by atoms with Crippen molar-refractivity contribution in [3.63, 3.8) is 0 Å². The molecule has 2 aromatic carbocycles. The van der Waals surface area contributed by atoms with E-state index in [-0.39, 0.29) is 7.47 Å². The minimum absolute atomic E-state index is 0. The first kappa shape index (κ1) is 23.6. The maximum Gasteiger partial charge on any atom is 0.182 e. The Morgan fingerprint density at radius 3 is 2.70 bits per heavy atom. The van der Waals surface area contributed by atoms with Crippen LogP contribution in [0.1, 0.15) is 26.3 Å². The number of rotatable bonds is 8. The SMILES string of the molecule is N#CCCN1CCN(Cc2ccc(OC[C@H]3CCCN3c3ncnc4nc[nH]c34)c3ccccc23)CC1.[HH]. The zero-order valence-electron chi connectivity index (χ0n) is 21.0. The van der Waals surface area contributed by atoms with Gasteiger partial charge in [-0.05, 0) is 29.9 Å². The first-order chi connectivity index (χ1) is 18.3. The molecule has 4 aromatic rings. The maximum absolute atomic E-state index is 8.85. The summed E-state index contributed by atoms with van der Waals surface area (Å²) in [6.45, 7) is 7.46. The van der Waals surface area contributed by atoms with Gasteiger partial charge in [-0.3, -0.25) is 9.80 Å². The van der Waals surface area contributed by atoms with E-state index in [4.69, 9.17) is 10.00 Å². The molecule has 0 amide bonds. The van der Waals surface area contributed by atoms with E-state index in [1.807, 2.05) is 0 Å². The molecule has 37 heavy (non-hydrogen) atoms. The van der Waals surface area contributed by atoms with Crippen molar-refractivity contribution in [3.8, 4) is 11.8 Å². The first-order valence-electron chi connectivity index (χ1n) is 13.2. The van der Waals surface area contributed by atoms with Crippen LogP contribution in [-0.4, -0.2) is 81.7 Å². The van der Waals surface area contributed by atoms with E-state index in [2.05, 4.69) is 77.1 Å². The zero-order valence-corrected chi connectivity index (χ0v) is 21.0. The number of piperazine rings is 1. The Balaban J connectivity index is 0.00000294. The Morgan fingerprint density at radius 1 is 1.00 bits per heavy atom. The molecule has 9 heteroatoms. The fourth-order valence-electron chi connectivity index (χ4n) is 5.66. The van der Waals surface area contributed by atoms with Gasteiger partial charge in [0.1, 0.15) is 24.2 Å². The molecule has 2 aliphatic rings. The molecule has 1 atom stereocenters. The molecule has 9 nitrogen and oxygen atoms in total. The van der Waals surface area contributed by atoms with Gasteiger partial charge in [-0.2, -0.15) is 5.26 Å². The van der Waals surface area contributed by atoms with Gasteiger partial charge in [0.15, 0.2) is 11.5 Å². The number of fused-ring (bicyclic) bond motifs is 2. The van der Waals surface area contributed by atoms with Crippen molar-refractivity contribution in [2.24, 2.45) is 0 Å². The third-order valence-electron chi connectivity index (χ3n) is 7.66. The number of hydrogen-bond acceptors (Lipinski definition) is 8. The van der Waals surface area contributed by atoms with E-state index in [1.54, 1.807) is 12.7 Å². The van der Waals surface area contributed by atoms with E-state index < -0.39 is 0 Å². The number of ether oxygens (including phenoxy) is 1. The zero-order chi connectivity index (χ0) is 25.0. The molecule has 4 heterocycles. The van der Waals surface area contributed by atoms with E-state index >= 15 is 0 Å². The molecule has 0 saturated carbocycles. The molecule has 0 aliphatic carbocycles.